The smallest absolute Gasteiger partial charge is 0.312 e. The van der Waals surface area contributed by atoms with Gasteiger partial charge in [-0.3, -0.25) is 4.79 Å². The molecule has 0 saturated carbocycles. The molecule has 0 aromatic heterocycles. The van der Waals surface area contributed by atoms with E-state index in [0.29, 0.717) is 24.5 Å². The normalized spacial score (nSPS) is 12.8. The number of primary amides is 1. The minimum atomic E-state index is -0.699. The number of nitrogens with two attached hydrogens (primary N) is 1. The standard InChI is InChI=1S/C17H27N3O4/c1-5-11(2)15(20-17(18)22)16(21)19-9-8-12-6-7-13(23-3)14(10-12)24-4/h6-7,10-11,15H,5,8-9H2,1-4H3,(H,19,21)(H3,18,20,22)/t11-,15-/m0/s1. The first-order valence-corrected chi connectivity index (χ1v) is 7.97. The Morgan fingerprint density at radius 3 is 2.42 bits per heavy atom. The van der Waals surface area contributed by atoms with Gasteiger partial charge in [-0.25, -0.2) is 4.79 Å². The highest BCUT2D eigenvalue weighted by molar-refractivity contribution is 5.86. The minimum absolute atomic E-state index is 0.00131. The SMILES string of the molecule is CC[C@H](C)[C@H](NC(N)=O)C(=O)NCCc1ccc(OC)c(OC)c1. The van der Waals surface area contributed by atoms with Crippen LogP contribution in [0.2, 0.25) is 0 Å². The first-order valence-electron chi connectivity index (χ1n) is 7.97. The molecule has 0 unspecified atom stereocenters. The molecule has 0 heterocycles. The van der Waals surface area contributed by atoms with E-state index in [1.54, 1.807) is 14.2 Å². The van der Waals surface area contributed by atoms with E-state index in [9.17, 15) is 9.59 Å². The number of carbonyl (C=O) groups is 2. The fourth-order valence-electron chi connectivity index (χ4n) is 2.33. The maximum atomic E-state index is 12.3. The molecule has 4 N–H and O–H groups in total. The topological polar surface area (TPSA) is 103 Å². The van der Waals surface area contributed by atoms with Gasteiger partial charge in [-0.15, -0.1) is 0 Å². The summed E-state index contributed by atoms with van der Waals surface area (Å²) < 4.78 is 10.5. The van der Waals surface area contributed by atoms with Gasteiger partial charge in [-0.2, -0.15) is 0 Å². The van der Waals surface area contributed by atoms with Crippen molar-refractivity contribution >= 4 is 11.9 Å². The van der Waals surface area contributed by atoms with Crippen molar-refractivity contribution in [2.75, 3.05) is 20.8 Å². The lowest BCUT2D eigenvalue weighted by Crippen LogP contribution is -2.52. The minimum Gasteiger partial charge on any atom is -0.493 e. The van der Waals surface area contributed by atoms with E-state index >= 15 is 0 Å². The molecule has 0 spiro atoms. The summed E-state index contributed by atoms with van der Waals surface area (Å²) in [6, 6.07) is 4.29. The van der Waals surface area contributed by atoms with Gasteiger partial charge in [0.1, 0.15) is 6.04 Å². The Kier molecular flexibility index (Phi) is 7.88. The quantitative estimate of drug-likeness (QED) is 0.634. The molecular weight excluding hydrogens is 310 g/mol. The summed E-state index contributed by atoms with van der Waals surface area (Å²) in [6.07, 6.45) is 1.39. The van der Waals surface area contributed by atoms with E-state index in [0.717, 1.165) is 12.0 Å². The lowest BCUT2D eigenvalue weighted by Gasteiger charge is -2.22. The fraction of sp³-hybridized carbons (Fsp3) is 0.529. The second kappa shape index (κ2) is 9.64. The molecule has 3 amide bonds. The lowest BCUT2D eigenvalue weighted by molar-refractivity contribution is -0.124. The van der Waals surface area contributed by atoms with Crippen LogP contribution >= 0.6 is 0 Å². The number of amides is 3. The highest BCUT2D eigenvalue weighted by Gasteiger charge is 2.24. The second-order valence-corrected chi connectivity index (χ2v) is 5.60. The second-order valence-electron chi connectivity index (χ2n) is 5.60. The third-order valence-corrected chi connectivity index (χ3v) is 3.95. The molecule has 0 aliphatic carbocycles. The third-order valence-electron chi connectivity index (χ3n) is 3.95. The van der Waals surface area contributed by atoms with Crippen LogP contribution in [0.4, 0.5) is 4.79 Å². The molecule has 0 aliphatic heterocycles. The first kappa shape index (κ1) is 19.6. The van der Waals surface area contributed by atoms with Crippen molar-refractivity contribution < 1.29 is 19.1 Å². The predicted molar refractivity (Wildman–Crippen MR) is 92.2 cm³/mol. The maximum Gasteiger partial charge on any atom is 0.312 e. The Labute approximate surface area is 142 Å². The number of hydrogen-bond donors (Lipinski definition) is 3. The Bertz CT molecular complexity index is 563. The number of carbonyl (C=O) groups excluding carboxylic acids is 2. The van der Waals surface area contributed by atoms with Gasteiger partial charge in [0.05, 0.1) is 14.2 Å². The maximum absolute atomic E-state index is 12.3. The molecule has 24 heavy (non-hydrogen) atoms. The molecule has 1 rings (SSSR count). The van der Waals surface area contributed by atoms with Gasteiger partial charge in [0.25, 0.3) is 0 Å². The van der Waals surface area contributed by atoms with E-state index in [4.69, 9.17) is 15.2 Å². The highest BCUT2D eigenvalue weighted by atomic mass is 16.5. The van der Waals surface area contributed by atoms with Crippen LogP contribution in [-0.2, 0) is 11.2 Å². The number of rotatable bonds is 9. The van der Waals surface area contributed by atoms with Gasteiger partial charge in [0.15, 0.2) is 11.5 Å². The lowest BCUT2D eigenvalue weighted by atomic mass is 9.98. The van der Waals surface area contributed by atoms with Crippen LogP contribution < -0.4 is 25.8 Å². The summed E-state index contributed by atoms with van der Waals surface area (Å²) in [6.45, 7) is 4.30. The molecule has 1 aromatic carbocycles. The number of nitrogens with one attached hydrogen (secondary N) is 2. The number of methoxy groups -OCH3 is 2. The Balaban J connectivity index is 2.61. The van der Waals surface area contributed by atoms with Crippen LogP contribution in [0.3, 0.4) is 0 Å². The van der Waals surface area contributed by atoms with Gasteiger partial charge < -0.3 is 25.8 Å². The average Bonchev–Trinajstić information content (AvgIpc) is 2.58. The van der Waals surface area contributed by atoms with Crippen LogP contribution in [0.5, 0.6) is 11.5 Å². The molecule has 0 aliphatic rings. The molecule has 7 heteroatoms. The summed E-state index contributed by atoms with van der Waals surface area (Å²) in [5.74, 6) is 1.07. The molecule has 7 nitrogen and oxygen atoms in total. The Morgan fingerprint density at radius 1 is 1.21 bits per heavy atom. The van der Waals surface area contributed by atoms with Crippen LogP contribution in [0.1, 0.15) is 25.8 Å². The molecule has 0 saturated heterocycles. The summed E-state index contributed by atoms with van der Waals surface area (Å²) >= 11 is 0. The number of hydrogen-bond acceptors (Lipinski definition) is 4. The summed E-state index contributed by atoms with van der Waals surface area (Å²) in [5, 5.41) is 5.34. The molecule has 0 bridgehead atoms. The van der Waals surface area contributed by atoms with Crippen molar-refractivity contribution in [3.8, 4) is 11.5 Å². The molecular formula is C17H27N3O4. The van der Waals surface area contributed by atoms with E-state index < -0.39 is 12.1 Å². The van der Waals surface area contributed by atoms with Crippen molar-refractivity contribution in [2.24, 2.45) is 11.7 Å². The van der Waals surface area contributed by atoms with Gasteiger partial charge in [0.2, 0.25) is 5.91 Å². The summed E-state index contributed by atoms with van der Waals surface area (Å²) in [4.78, 5) is 23.3. The monoisotopic (exact) mass is 337 g/mol. The molecule has 2 atom stereocenters. The fourth-order valence-corrected chi connectivity index (χ4v) is 2.33. The van der Waals surface area contributed by atoms with Gasteiger partial charge >= 0.3 is 6.03 Å². The zero-order valence-electron chi connectivity index (χ0n) is 14.7. The van der Waals surface area contributed by atoms with Crippen molar-refractivity contribution in [3.05, 3.63) is 23.8 Å². The van der Waals surface area contributed by atoms with E-state index in [-0.39, 0.29) is 11.8 Å². The Hall–Kier alpha value is -2.44. The van der Waals surface area contributed by atoms with Crippen LogP contribution in [0.25, 0.3) is 0 Å². The van der Waals surface area contributed by atoms with Crippen LogP contribution in [0, 0.1) is 5.92 Å². The van der Waals surface area contributed by atoms with E-state index in [2.05, 4.69) is 10.6 Å². The predicted octanol–water partition coefficient (Wildman–Crippen LogP) is 1.45. The van der Waals surface area contributed by atoms with Crippen molar-refractivity contribution in [2.45, 2.75) is 32.7 Å². The van der Waals surface area contributed by atoms with Crippen molar-refractivity contribution in [1.29, 1.82) is 0 Å². The Morgan fingerprint density at radius 2 is 1.88 bits per heavy atom. The molecule has 0 radical (unpaired) electrons. The summed E-state index contributed by atoms with van der Waals surface area (Å²) in [5.41, 5.74) is 6.16. The number of ether oxygens (including phenoxy) is 2. The number of benzene rings is 1. The molecule has 134 valence electrons. The summed E-state index contributed by atoms with van der Waals surface area (Å²) in [7, 11) is 3.16. The van der Waals surface area contributed by atoms with Gasteiger partial charge in [-0.1, -0.05) is 26.3 Å². The third kappa shape index (κ3) is 5.64. The zero-order valence-corrected chi connectivity index (χ0v) is 14.7. The van der Waals surface area contributed by atoms with Crippen LogP contribution in [-0.4, -0.2) is 38.7 Å². The van der Waals surface area contributed by atoms with E-state index in [1.807, 2.05) is 32.0 Å². The first-order chi connectivity index (χ1) is 11.4. The van der Waals surface area contributed by atoms with Crippen molar-refractivity contribution in [1.82, 2.24) is 10.6 Å². The van der Waals surface area contributed by atoms with Gasteiger partial charge in [-0.05, 0) is 30.0 Å². The van der Waals surface area contributed by atoms with E-state index in [1.165, 1.54) is 0 Å². The van der Waals surface area contributed by atoms with Crippen LogP contribution in [0.15, 0.2) is 18.2 Å². The average molecular weight is 337 g/mol. The largest absolute Gasteiger partial charge is 0.493 e. The highest BCUT2D eigenvalue weighted by Crippen LogP contribution is 2.27. The zero-order chi connectivity index (χ0) is 18.1. The molecule has 1 aromatic rings. The van der Waals surface area contributed by atoms with Gasteiger partial charge in [0, 0.05) is 6.54 Å². The number of urea groups is 1. The molecule has 0 fully saturated rings. The van der Waals surface area contributed by atoms with Crippen molar-refractivity contribution in [3.63, 3.8) is 0 Å².